The summed E-state index contributed by atoms with van der Waals surface area (Å²) in [4.78, 5) is 51.2. The van der Waals surface area contributed by atoms with Crippen LogP contribution in [0.2, 0.25) is 0 Å². The highest BCUT2D eigenvalue weighted by Gasteiger charge is 2.63. The summed E-state index contributed by atoms with van der Waals surface area (Å²) in [6, 6.07) is 0.663. The molecule has 1 aromatic heterocycles. The van der Waals surface area contributed by atoms with Crippen LogP contribution in [0.15, 0.2) is 47.3 Å². The Hall–Kier alpha value is -4.29. The summed E-state index contributed by atoms with van der Waals surface area (Å²) in [6.07, 6.45) is 4.57. The van der Waals surface area contributed by atoms with Crippen molar-refractivity contribution in [3.63, 3.8) is 0 Å². The molecule has 12 heteroatoms. The second-order valence-electron chi connectivity index (χ2n) is 10.6. The maximum atomic E-state index is 14.0. The van der Waals surface area contributed by atoms with Gasteiger partial charge >= 0.3 is 0 Å². The Kier molecular flexibility index (Phi) is 6.00. The van der Waals surface area contributed by atoms with Crippen molar-refractivity contribution in [2.45, 2.75) is 24.5 Å². The number of phenolic OH excluding ortho intramolecular Hbond substituents is 1. The lowest BCUT2D eigenvalue weighted by molar-refractivity contribution is -0.148. The monoisotopic (exact) mass is 535 g/mol. The number of aliphatic hydroxyl groups is 3. The lowest BCUT2D eigenvalue weighted by Gasteiger charge is -2.50. The summed E-state index contributed by atoms with van der Waals surface area (Å²) in [6.45, 7) is 0. The van der Waals surface area contributed by atoms with Crippen molar-refractivity contribution < 1.29 is 34.8 Å². The number of carbonyl (C=O) groups is 3. The number of aliphatic hydroxyl groups excluding tert-OH is 2. The van der Waals surface area contributed by atoms with Crippen LogP contribution in [-0.4, -0.2) is 92.6 Å². The Morgan fingerprint density at radius 3 is 2.38 bits per heavy atom. The predicted octanol–water partition coefficient (Wildman–Crippen LogP) is 0.644. The lowest BCUT2D eigenvalue weighted by Crippen LogP contribution is -2.63. The molecule has 0 radical (unpaired) electrons. The standard InChI is InChI=1S/C27H29N5O7/c1-31(2)16-9-12(15-10-29-5-6-30-15)21(33)18-13(16)7-11-8-14-20(32(3)4)23(35)19(26(28)38)25(37)27(14,39)24(36)17(11)22(18)34/h5-6,9-11,14,20,33,35-36,39H,7-8H2,1-4H3,(H2,28,38)/t11-,14-,20-,27-/m0/s1. The Balaban J connectivity index is 1.76. The number of aromatic hydroxyl groups is 1. The number of benzene rings is 1. The van der Waals surface area contributed by atoms with E-state index < -0.39 is 58.0 Å². The highest BCUT2D eigenvalue weighted by Crippen LogP contribution is 2.54. The van der Waals surface area contributed by atoms with Crippen molar-refractivity contribution in [3.8, 4) is 17.0 Å². The van der Waals surface area contributed by atoms with Gasteiger partial charge in [-0.1, -0.05) is 0 Å². The number of hydrogen-bond donors (Lipinski definition) is 5. The maximum Gasteiger partial charge on any atom is 0.255 e. The number of anilines is 1. The minimum Gasteiger partial charge on any atom is -0.510 e. The number of Topliss-reactive ketones (excluding diaryl/α,β-unsaturated/α-hetero) is 2. The van der Waals surface area contributed by atoms with Gasteiger partial charge in [0, 0.05) is 49.2 Å². The average molecular weight is 536 g/mol. The molecule has 4 atom stereocenters. The zero-order valence-electron chi connectivity index (χ0n) is 21.8. The third-order valence-electron chi connectivity index (χ3n) is 8.02. The average Bonchev–Trinajstić information content (AvgIpc) is 2.86. The summed E-state index contributed by atoms with van der Waals surface area (Å²) in [5.74, 6) is -6.92. The normalized spacial score (nSPS) is 26.4. The molecule has 3 aliphatic carbocycles. The first-order valence-corrected chi connectivity index (χ1v) is 12.3. The highest BCUT2D eigenvalue weighted by atomic mass is 16.3. The molecule has 0 aliphatic heterocycles. The van der Waals surface area contributed by atoms with Crippen LogP contribution in [0.4, 0.5) is 5.69 Å². The lowest BCUT2D eigenvalue weighted by atomic mass is 9.58. The summed E-state index contributed by atoms with van der Waals surface area (Å²) in [7, 11) is 6.75. The number of fused-ring (bicyclic) bond motifs is 3. The number of hydrogen-bond acceptors (Lipinski definition) is 11. The van der Waals surface area contributed by atoms with E-state index in [2.05, 4.69) is 9.97 Å². The molecular formula is C27H29N5O7. The second-order valence-corrected chi connectivity index (χ2v) is 10.6. The third kappa shape index (κ3) is 3.55. The molecule has 1 amide bonds. The first-order chi connectivity index (χ1) is 18.3. The van der Waals surface area contributed by atoms with Crippen LogP contribution in [-0.2, 0) is 16.0 Å². The molecule has 1 heterocycles. The van der Waals surface area contributed by atoms with Gasteiger partial charge in [-0.25, -0.2) is 0 Å². The van der Waals surface area contributed by atoms with E-state index in [1.54, 1.807) is 39.2 Å². The minimum absolute atomic E-state index is 0.0192. The van der Waals surface area contributed by atoms with E-state index in [-0.39, 0.29) is 35.3 Å². The van der Waals surface area contributed by atoms with Gasteiger partial charge in [0.2, 0.25) is 5.78 Å². The summed E-state index contributed by atoms with van der Waals surface area (Å²) in [5.41, 5.74) is 3.28. The number of aromatic nitrogens is 2. The van der Waals surface area contributed by atoms with Crippen LogP contribution >= 0.6 is 0 Å². The molecular weight excluding hydrogens is 506 g/mol. The molecule has 0 fully saturated rings. The van der Waals surface area contributed by atoms with E-state index in [9.17, 15) is 34.8 Å². The van der Waals surface area contributed by atoms with Gasteiger partial charge in [0.05, 0.1) is 23.5 Å². The quantitative estimate of drug-likeness (QED) is 0.345. The van der Waals surface area contributed by atoms with Crippen molar-refractivity contribution >= 4 is 23.2 Å². The van der Waals surface area contributed by atoms with Gasteiger partial charge < -0.3 is 31.1 Å². The highest BCUT2D eigenvalue weighted by molar-refractivity contribution is 6.25. The van der Waals surface area contributed by atoms with Crippen LogP contribution in [0.25, 0.3) is 11.3 Å². The molecule has 204 valence electrons. The number of primary amides is 1. The number of phenols is 1. The Labute approximate surface area is 223 Å². The van der Waals surface area contributed by atoms with Crippen LogP contribution in [0.1, 0.15) is 22.3 Å². The molecule has 3 aliphatic rings. The molecule has 2 aromatic rings. The van der Waals surface area contributed by atoms with Gasteiger partial charge in [-0.2, -0.15) is 0 Å². The van der Waals surface area contributed by atoms with E-state index in [0.717, 1.165) is 0 Å². The Morgan fingerprint density at radius 1 is 1.13 bits per heavy atom. The largest absolute Gasteiger partial charge is 0.510 e. The summed E-state index contributed by atoms with van der Waals surface area (Å²) >= 11 is 0. The Morgan fingerprint density at radius 2 is 1.82 bits per heavy atom. The molecule has 0 saturated carbocycles. The molecule has 1 aromatic carbocycles. The number of carbonyl (C=O) groups excluding carboxylic acids is 3. The number of amides is 1. The number of nitrogens with zero attached hydrogens (tertiary/aromatic N) is 4. The van der Waals surface area contributed by atoms with Crippen molar-refractivity contribution in [2.24, 2.45) is 17.6 Å². The van der Waals surface area contributed by atoms with Gasteiger partial charge in [0.1, 0.15) is 22.8 Å². The fourth-order valence-electron chi connectivity index (χ4n) is 6.33. The van der Waals surface area contributed by atoms with Crippen LogP contribution in [0.5, 0.6) is 5.75 Å². The van der Waals surface area contributed by atoms with Gasteiger partial charge in [-0.3, -0.25) is 29.3 Å². The van der Waals surface area contributed by atoms with Crippen molar-refractivity contribution in [3.05, 3.63) is 58.4 Å². The van der Waals surface area contributed by atoms with Gasteiger partial charge in [-0.15, -0.1) is 0 Å². The SMILES string of the molecule is CN(C)c1cc(-c2cnccn2)c(O)c2c1C[C@H]1C[C@H]3[C@H](N(C)C)C(O)=C(C(N)=O)C(=O)[C@@]3(O)C(O)=C1C2=O. The van der Waals surface area contributed by atoms with E-state index >= 15 is 0 Å². The molecule has 0 bridgehead atoms. The molecule has 0 saturated heterocycles. The minimum atomic E-state index is -2.69. The number of allylic oxidation sites excluding steroid dienone is 1. The zero-order chi connectivity index (χ0) is 28.5. The van der Waals surface area contributed by atoms with E-state index in [1.165, 1.54) is 23.5 Å². The van der Waals surface area contributed by atoms with E-state index in [1.807, 2.05) is 0 Å². The van der Waals surface area contributed by atoms with E-state index in [4.69, 9.17) is 5.73 Å². The fraction of sp³-hybridized carbons (Fsp3) is 0.370. The maximum absolute atomic E-state index is 14.0. The van der Waals surface area contributed by atoms with Crippen molar-refractivity contribution in [1.82, 2.24) is 14.9 Å². The number of likely N-dealkylation sites (N-methyl/N-ethyl adjacent to an activating group) is 1. The number of ketones is 2. The number of nitrogens with two attached hydrogens (primary N) is 1. The summed E-state index contributed by atoms with van der Waals surface area (Å²) < 4.78 is 0. The molecule has 39 heavy (non-hydrogen) atoms. The first kappa shape index (κ1) is 26.3. The van der Waals surface area contributed by atoms with Gasteiger partial charge in [-0.05, 0) is 44.5 Å². The van der Waals surface area contributed by atoms with Gasteiger partial charge in [0.25, 0.3) is 5.91 Å². The molecule has 12 nitrogen and oxygen atoms in total. The smallest absolute Gasteiger partial charge is 0.255 e. The van der Waals surface area contributed by atoms with Crippen LogP contribution in [0, 0.1) is 11.8 Å². The predicted molar refractivity (Wildman–Crippen MR) is 139 cm³/mol. The van der Waals surface area contributed by atoms with Gasteiger partial charge in [0.15, 0.2) is 11.4 Å². The second kappa shape index (κ2) is 8.89. The fourth-order valence-corrected chi connectivity index (χ4v) is 6.33. The molecule has 6 N–H and O–H groups in total. The van der Waals surface area contributed by atoms with Crippen LogP contribution < -0.4 is 10.6 Å². The Bertz CT molecular complexity index is 1500. The topological polar surface area (TPSA) is 190 Å². The van der Waals surface area contributed by atoms with Crippen LogP contribution in [0.3, 0.4) is 0 Å². The first-order valence-electron chi connectivity index (χ1n) is 12.3. The molecule has 0 unspecified atom stereocenters. The molecule has 5 rings (SSSR count). The summed E-state index contributed by atoms with van der Waals surface area (Å²) in [5, 5.41) is 45.4. The number of rotatable bonds is 4. The molecule has 0 spiro atoms. The van der Waals surface area contributed by atoms with Crippen molar-refractivity contribution in [1.29, 1.82) is 0 Å². The van der Waals surface area contributed by atoms with E-state index in [0.29, 0.717) is 16.9 Å². The third-order valence-corrected chi connectivity index (χ3v) is 8.02. The van der Waals surface area contributed by atoms with Crippen molar-refractivity contribution in [2.75, 3.05) is 33.1 Å². The zero-order valence-corrected chi connectivity index (χ0v) is 21.8.